The number of para-hydroxylation sites is 1. The van der Waals surface area contributed by atoms with E-state index in [1.807, 2.05) is 36.0 Å². The van der Waals surface area contributed by atoms with Gasteiger partial charge in [-0.1, -0.05) is 176 Å². The van der Waals surface area contributed by atoms with Gasteiger partial charge in [-0.05, 0) is 69.8 Å². The first-order valence-corrected chi connectivity index (χ1v) is 20.2. The molecule has 1 aliphatic carbocycles. The smallest absolute Gasteiger partial charge is 0.160 e. The third kappa shape index (κ3) is 4.68. The van der Waals surface area contributed by atoms with Gasteiger partial charge in [0.1, 0.15) is 0 Å². The Morgan fingerprint density at radius 1 is 0.421 bits per heavy atom. The number of hydrogen-bond donors (Lipinski definition) is 0. The summed E-state index contributed by atoms with van der Waals surface area (Å²) in [5, 5.41) is 2.53. The highest BCUT2D eigenvalue weighted by atomic mass is 32.2. The summed E-state index contributed by atoms with van der Waals surface area (Å²) < 4.78 is 2.44. The van der Waals surface area contributed by atoms with E-state index in [9.17, 15) is 0 Å². The van der Waals surface area contributed by atoms with Crippen molar-refractivity contribution < 1.29 is 0 Å². The van der Waals surface area contributed by atoms with E-state index in [2.05, 4.69) is 180 Å². The Balaban J connectivity index is 1.10. The molecular formula is C53H33N3S. The van der Waals surface area contributed by atoms with Crippen LogP contribution in [0.3, 0.4) is 0 Å². The van der Waals surface area contributed by atoms with Crippen molar-refractivity contribution in [3.63, 3.8) is 0 Å². The van der Waals surface area contributed by atoms with Crippen molar-refractivity contribution in [3.8, 4) is 50.7 Å². The van der Waals surface area contributed by atoms with Crippen LogP contribution < -0.4 is 0 Å². The minimum Gasteiger partial charge on any atom is -0.309 e. The van der Waals surface area contributed by atoms with Crippen LogP contribution in [0.5, 0.6) is 0 Å². The van der Waals surface area contributed by atoms with Crippen molar-refractivity contribution in [2.24, 2.45) is 0 Å². The molecule has 3 nitrogen and oxygen atoms in total. The Morgan fingerprint density at radius 3 is 1.77 bits per heavy atom. The van der Waals surface area contributed by atoms with Gasteiger partial charge < -0.3 is 4.57 Å². The van der Waals surface area contributed by atoms with E-state index >= 15 is 0 Å². The molecule has 0 unspecified atom stereocenters. The SMILES string of the molecule is c1ccc(-c2cc(-c3cccc(-n4c5ccccc5c5c6c(ccc54)C4(c5ccccc5S6)c5ccccc5-c5ccccc54)c3)nc(-c3ccccc3)n2)cc1. The first kappa shape index (κ1) is 32.3. The van der Waals surface area contributed by atoms with Gasteiger partial charge in [-0.25, -0.2) is 9.97 Å². The minimum atomic E-state index is -0.429. The fraction of sp³-hybridized carbons (Fsp3) is 0.0189. The van der Waals surface area contributed by atoms with E-state index in [1.165, 1.54) is 65.0 Å². The molecule has 266 valence electrons. The molecule has 2 aliphatic rings. The molecule has 0 saturated carbocycles. The lowest BCUT2D eigenvalue weighted by Gasteiger charge is -2.40. The molecule has 3 heterocycles. The van der Waals surface area contributed by atoms with Crippen molar-refractivity contribution in [1.29, 1.82) is 0 Å². The summed E-state index contributed by atoms with van der Waals surface area (Å²) in [6.45, 7) is 0. The van der Waals surface area contributed by atoms with E-state index in [0.29, 0.717) is 5.82 Å². The maximum Gasteiger partial charge on any atom is 0.160 e. The normalized spacial score (nSPS) is 13.3. The standard InChI is InChI=1S/C53H33N3S/c1-3-16-34(17-4-1)45-33-46(55-52(54-45)35-18-5-2-6-19-35)36-20-15-21-37(32-36)56-47-28-13-9-24-40(47)50-48(56)31-30-44-51(50)57-49-29-14-12-27-43(49)53(44)41-25-10-7-22-38(41)39-23-8-11-26-42(39)53/h1-33H. The number of aromatic nitrogens is 3. The van der Waals surface area contributed by atoms with Crippen LogP contribution in [0, 0.1) is 0 Å². The second kappa shape index (κ2) is 12.5. The topological polar surface area (TPSA) is 30.7 Å². The quantitative estimate of drug-likeness (QED) is 0.180. The van der Waals surface area contributed by atoms with E-state index in [0.717, 1.165) is 33.8 Å². The van der Waals surface area contributed by atoms with Crippen LogP contribution in [0.2, 0.25) is 0 Å². The molecule has 10 aromatic rings. The van der Waals surface area contributed by atoms with Gasteiger partial charge in [0.05, 0.1) is 27.8 Å². The molecule has 0 fully saturated rings. The van der Waals surface area contributed by atoms with Crippen molar-refractivity contribution in [2.45, 2.75) is 15.2 Å². The maximum absolute atomic E-state index is 5.18. The summed E-state index contributed by atoms with van der Waals surface area (Å²) in [4.78, 5) is 12.8. The Labute approximate surface area is 335 Å². The maximum atomic E-state index is 5.18. The van der Waals surface area contributed by atoms with E-state index < -0.39 is 5.41 Å². The van der Waals surface area contributed by atoms with Crippen LogP contribution in [0.25, 0.3) is 72.5 Å². The zero-order valence-electron chi connectivity index (χ0n) is 30.8. The first-order chi connectivity index (χ1) is 28.3. The van der Waals surface area contributed by atoms with Crippen LogP contribution in [0.1, 0.15) is 22.3 Å². The molecule has 12 rings (SSSR count). The Bertz CT molecular complexity index is 3120. The predicted octanol–water partition coefficient (Wildman–Crippen LogP) is 13.4. The average molecular weight is 744 g/mol. The molecular weight excluding hydrogens is 711 g/mol. The lowest BCUT2D eigenvalue weighted by atomic mass is 9.67. The molecule has 0 amide bonds. The number of benzene rings is 8. The second-order valence-electron chi connectivity index (χ2n) is 14.9. The molecule has 0 bridgehead atoms. The summed E-state index contributed by atoms with van der Waals surface area (Å²) in [7, 11) is 0. The third-order valence-electron chi connectivity index (χ3n) is 11.9. The Morgan fingerprint density at radius 2 is 1.02 bits per heavy atom. The number of nitrogens with zero attached hydrogens (tertiary/aromatic N) is 3. The Kier molecular flexibility index (Phi) is 7.08. The van der Waals surface area contributed by atoms with Gasteiger partial charge in [0.25, 0.3) is 0 Å². The summed E-state index contributed by atoms with van der Waals surface area (Å²) in [6.07, 6.45) is 0. The van der Waals surface area contributed by atoms with Crippen LogP contribution in [0.4, 0.5) is 0 Å². The monoisotopic (exact) mass is 743 g/mol. The van der Waals surface area contributed by atoms with Gasteiger partial charge in [0.15, 0.2) is 5.82 Å². The number of hydrogen-bond acceptors (Lipinski definition) is 3. The van der Waals surface area contributed by atoms with Crippen LogP contribution in [0.15, 0.2) is 210 Å². The molecule has 0 saturated heterocycles. The summed E-state index contributed by atoms with van der Waals surface area (Å²) in [5.41, 5.74) is 15.9. The Hall–Kier alpha value is -7.01. The molecule has 0 radical (unpaired) electrons. The van der Waals surface area contributed by atoms with Crippen LogP contribution >= 0.6 is 11.8 Å². The summed E-state index contributed by atoms with van der Waals surface area (Å²) >= 11 is 1.91. The van der Waals surface area contributed by atoms with Crippen LogP contribution in [-0.4, -0.2) is 14.5 Å². The van der Waals surface area contributed by atoms with Crippen molar-refractivity contribution in [1.82, 2.24) is 14.5 Å². The van der Waals surface area contributed by atoms with Crippen molar-refractivity contribution in [2.75, 3.05) is 0 Å². The molecule has 57 heavy (non-hydrogen) atoms. The highest BCUT2D eigenvalue weighted by Gasteiger charge is 2.50. The number of rotatable bonds is 4. The number of fused-ring (bicyclic) bond motifs is 13. The predicted molar refractivity (Wildman–Crippen MR) is 234 cm³/mol. The fourth-order valence-electron chi connectivity index (χ4n) is 9.52. The first-order valence-electron chi connectivity index (χ1n) is 19.4. The molecule has 0 atom stereocenters. The van der Waals surface area contributed by atoms with Crippen molar-refractivity contribution >= 4 is 33.6 Å². The summed E-state index contributed by atoms with van der Waals surface area (Å²) in [6, 6.07) is 72.4. The lowest BCUT2D eigenvalue weighted by Crippen LogP contribution is -2.32. The summed E-state index contributed by atoms with van der Waals surface area (Å²) in [5.74, 6) is 0.710. The van der Waals surface area contributed by atoms with Gasteiger partial charge in [-0.15, -0.1) is 0 Å². The third-order valence-corrected chi connectivity index (χ3v) is 13.1. The lowest BCUT2D eigenvalue weighted by molar-refractivity contribution is 0.726. The largest absolute Gasteiger partial charge is 0.309 e. The minimum absolute atomic E-state index is 0.429. The molecule has 1 spiro atoms. The van der Waals surface area contributed by atoms with E-state index in [1.54, 1.807) is 0 Å². The molecule has 4 heteroatoms. The highest BCUT2D eigenvalue weighted by Crippen LogP contribution is 2.63. The molecule has 1 aliphatic heterocycles. The van der Waals surface area contributed by atoms with Crippen molar-refractivity contribution in [3.05, 3.63) is 222 Å². The highest BCUT2D eigenvalue weighted by molar-refractivity contribution is 7.99. The van der Waals surface area contributed by atoms with Gasteiger partial charge in [0, 0.05) is 42.9 Å². The molecule has 2 aromatic heterocycles. The van der Waals surface area contributed by atoms with Gasteiger partial charge in [-0.2, -0.15) is 0 Å². The fourth-order valence-corrected chi connectivity index (χ4v) is 10.9. The van der Waals surface area contributed by atoms with Gasteiger partial charge >= 0.3 is 0 Å². The second-order valence-corrected chi connectivity index (χ2v) is 15.9. The van der Waals surface area contributed by atoms with E-state index in [4.69, 9.17) is 9.97 Å². The zero-order valence-corrected chi connectivity index (χ0v) is 31.6. The van der Waals surface area contributed by atoms with E-state index in [-0.39, 0.29) is 0 Å². The van der Waals surface area contributed by atoms with Crippen LogP contribution in [-0.2, 0) is 5.41 Å². The molecule has 8 aromatic carbocycles. The average Bonchev–Trinajstić information content (AvgIpc) is 3.78. The van der Waals surface area contributed by atoms with Gasteiger partial charge in [0.2, 0.25) is 0 Å². The molecule has 0 N–H and O–H groups in total. The zero-order chi connectivity index (χ0) is 37.5. The van der Waals surface area contributed by atoms with Gasteiger partial charge in [-0.3, -0.25) is 0 Å².